The summed E-state index contributed by atoms with van der Waals surface area (Å²) in [6.45, 7) is 2.12. The van der Waals surface area contributed by atoms with E-state index >= 15 is 0 Å². The quantitative estimate of drug-likeness (QED) is 0.561. The van der Waals surface area contributed by atoms with Crippen LogP contribution in [-0.2, 0) is 11.3 Å². The van der Waals surface area contributed by atoms with Crippen molar-refractivity contribution < 1.29 is 23.2 Å². The number of carbonyl (C=O) groups is 3. The molecule has 1 fully saturated rings. The van der Waals surface area contributed by atoms with Crippen LogP contribution in [0.5, 0.6) is 0 Å². The van der Waals surface area contributed by atoms with Crippen LogP contribution >= 0.6 is 0 Å². The maximum Gasteiger partial charge on any atom is 0.256 e. The van der Waals surface area contributed by atoms with Gasteiger partial charge in [0.1, 0.15) is 11.6 Å². The Labute approximate surface area is 196 Å². The number of amides is 3. The fraction of sp³-hybridized carbons (Fsp3) is 0.240. The molecule has 2 heterocycles. The predicted molar refractivity (Wildman–Crippen MR) is 124 cm³/mol. The van der Waals surface area contributed by atoms with Crippen LogP contribution in [0.3, 0.4) is 0 Å². The largest absolute Gasteiger partial charge is 0.467 e. The zero-order chi connectivity index (χ0) is 23.9. The van der Waals surface area contributed by atoms with Crippen LogP contribution in [0.1, 0.15) is 26.5 Å². The molecule has 0 radical (unpaired) electrons. The molecule has 1 aliphatic heterocycles. The molecule has 2 N–H and O–H groups in total. The van der Waals surface area contributed by atoms with Gasteiger partial charge in [0.2, 0.25) is 5.91 Å². The fourth-order valence-corrected chi connectivity index (χ4v) is 3.77. The number of para-hydroxylation sites is 1. The summed E-state index contributed by atoms with van der Waals surface area (Å²) in [5, 5.41) is 5.57. The van der Waals surface area contributed by atoms with Crippen molar-refractivity contribution >= 4 is 23.4 Å². The van der Waals surface area contributed by atoms with E-state index in [9.17, 15) is 18.8 Å². The molecule has 3 aromatic rings. The third kappa shape index (κ3) is 5.68. The molecular formula is C25H25FN4O4. The Bertz CT molecular complexity index is 1160. The highest BCUT2D eigenvalue weighted by atomic mass is 19.1. The van der Waals surface area contributed by atoms with E-state index in [0.717, 1.165) is 0 Å². The highest BCUT2D eigenvalue weighted by molar-refractivity contribution is 6.04. The number of benzene rings is 2. The molecule has 0 atom stereocenters. The number of nitrogens with one attached hydrogen (secondary N) is 2. The standard InChI is InChI=1S/C25H25FN4O4/c26-21-9-3-1-7-19(21)25(33)30-13-11-29(12-14-30)17-23(31)28-22-10-4-2-8-20(22)24(32)27-16-18-6-5-15-34-18/h1-10,15H,11-14,16-17H2,(H,27,32)(H,28,31). The number of hydrogen-bond acceptors (Lipinski definition) is 5. The van der Waals surface area contributed by atoms with E-state index in [1.165, 1.54) is 18.4 Å². The summed E-state index contributed by atoms with van der Waals surface area (Å²) in [5.74, 6) is -0.854. The molecule has 176 valence electrons. The van der Waals surface area contributed by atoms with Gasteiger partial charge < -0.3 is 20.0 Å². The number of rotatable bonds is 7. The first-order chi connectivity index (χ1) is 16.5. The van der Waals surface area contributed by atoms with Gasteiger partial charge in [0.15, 0.2) is 0 Å². The van der Waals surface area contributed by atoms with Gasteiger partial charge in [-0.1, -0.05) is 24.3 Å². The lowest BCUT2D eigenvalue weighted by atomic mass is 10.1. The lowest BCUT2D eigenvalue weighted by molar-refractivity contribution is -0.117. The van der Waals surface area contributed by atoms with Crippen molar-refractivity contribution in [2.45, 2.75) is 6.54 Å². The highest BCUT2D eigenvalue weighted by Gasteiger charge is 2.25. The molecule has 3 amide bonds. The minimum Gasteiger partial charge on any atom is -0.467 e. The number of nitrogens with zero attached hydrogens (tertiary/aromatic N) is 2. The zero-order valence-electron chi connectivity index (χ0n) is 18.5. The molecule has 1 saturated heterocycles. The van der Waals surface area contributed by atoms with Crippen molar-refractivity contribution in [2.24, 2.45) is 0 Å². The van der Waals surface area contributed by atoms with Gasteiger partial charge in [0.25, 0.3) is 11.8 Å². The van der Waals surface area contributed by atoms with E-state index in [2.05, 4.69) is 10.6 Å². The van der Waals surface area contributed by atoms with Gasteiger partial charge in [-0.3, -0.25) is 19.3 Å². The second-order valence-corrected chi connectivity index (χ2v) is 7.90. The lowest BCUT2D eigenvalue weighted by Gasteiger charge is -2.34. The minimum absolute atomic E-state index is 0.0515. The maximum absolute atomic E-state index is 13.9. The Morgan fingerprint density at radius 2 is 1.59 bits per heavy atom. The SMILES string of the molecule is O=C(CN1CCN(C(=O)c2ccccc2F)CC1)Nc1ccccc1C(=O)NCc1ccco1. The molecule has 0 aliphatic carbocycles. The summed E-state index contributed by atoms with van der Waals surface area (Å²) in [6.07, 6.45) is 1.53. The minimum atomic E-state index is -0.541. The van der Waals surface area contributed by atoms with E-state index in [0.29, 0.717) is 43.2 Å². The van der Waals surface area contributed by atoms with Crippen LogP contribution in [0.25, 0.3) is 0 Å². The zero-order valence-corrected chi connectivity index (χ0v) is 18.5. The van der Waals surface area contributed by atoms with Gasteiger partial charge in [0, 0.05) is 26.2 Å². The van der Waals surface area contributed by atoms with Crippen molar-refractivity contribution in [3.63, 3.8) is 0 Å². The highest BCUT2D eigenvalue weighted by Crippen LogP contribution is 2.16. The number of halogens is 1. The van der Waals surface area contributed by atoms with Crippen LogP contribution in [0, 0.1) is 5.82 Å². The van der Waals surface area contributed by atoms with Gasteiger partial charge in [-0.05, 0) is 36.4 Å². The number of anilines is 1. The van der Waals surface area contributed by atoms with E-state index < -0.39 is 5.82 Å². The Morgan fingerprint density at radius 1 is 0.882 bits per heavy atom. The second kappa shape index (κ2) is 10.8. The Morgan fingerprint density at radius 3 is 2.29 bits per heavy atom. The Kier molecular flexibility index (Phi) is 7.34. The summed E-state index contributed by atoms with van der Waals surface area (Å²) < 4.78 is 19.1. The molecular weight excluding hydrogens is 439 g/mol. The molecule has 1 aliphatic rings. The fourth-order valence-electron chi connectivity index (χ4n) is 3.77. The molecule has 4 rings (SSSR count). The smallest absolute Gasteiger partial charge is 0.256 e. The molecule has 0 spiro atoms. The van der Waals surface area contributed by atoms with Crippen LogP contribution in [0.15, 0.2) is 71.3 Å². The molecule has 0 bridgehead atoms. The van der Waals surface area contributed by atoms with Crippen molar-refractivity contribution in [1.82, 2.24) is 15.1 Å². The topological polar surface area (TPSA) is 94.9 Å². The average molecular weight is 464 g/mol. The number of piperazine rings is 1. The summed E-state index contributed by atoms with van der Waals surface area (Å²) in [4.78, 5) is 41.3. The molecule has 0 saturated carbocycles. The summed E-state index contributed by atoms with van der Waals surface area (Å²) in [6, 6.07) is 16.2. The Hall–Kier alpha value is -3.98. The number of hydrogen-bond donors (Lipinski definition) is 2. The van der Waals surface area contributed by atoms with Crippen molar-refractivity contribution in [2.75, 3.05) is 38.0 Å². The van der Waals surface area contributed by atoms with E-state index in [1.54, 1.807) is 53.4 Å². The molecule has 0 unspecified atom stereocenters. The van der Waals surface area contributed by atoms with E-state index in [4.69, 9.17) is 4.42 Å². The van der Waals surface area contributed by atoms with Crippen LogP contribution < -0.4 is 10.6 Å². The lowest BCUT2D eigenvalue weighted by Crippen LogP contribution is -2.50. The monoisotopic (exact) mass is 464 g/mol. The van der Waals surface area contributed by atoms with E-state index in [1.807, 2.05) is 4.90 Å². The molecule has 1 aromatic heterocycles. The summed E-state index contributed by atoms with van der Waals surface area (Å²) in [7, 11) is 0. The van der Waals surface area contributed by atoms with Gasteiger partial charge in [-0.15, -0.1) is 0 Å². The maximum atomic E-state index is 13.9. The van der Waals surface area contributed by atoms with Gasteiger partial charge >= 0.3 is 0 Å². The van der Waals surface area contributed by atoms with Crippen molar-refractivity contribution in [3.8, 4) is 0 Å². The van der Waals surface area contributed by atoms with Crippen LogP contribution in [0.2, 0.25) is 0 Å². The molecule has 2 aromatic carbocycles. The van der Waals surface area contributed by atoms with Gasteiger partial charge in [0.05, 0.1) is 36.2 Å². The molecule has 8 nitrogen and oxygen atoms in total. The third-order valence-corrected chi connectivity index (χ3v) is 5.58. The molecule has 9 heteroatoms. The van der Waals surface area contributed by atoms with Gasteiger partial charge in [-0.25, -0.2) is 4.39 Å². The van der Waals surface area contributed by atoms with Crippen LogP contribution in [0.4, 0.5) is 10.1 Å². The first kappa shape index (κ1) is 23.2. The number of furan rings is 1. The third-order valence-electron chi connectivity index (χ3n) is 5.58. The van der Waals surface area contributed by atoms with E-state index in [-0.39, 0.29) is 36.4 Å². The molecule has 34 heavy (non-hydrogen) atoms. The summed E-state index contributed by atoms with van der Waals surface area (Å²) >= 11 is 0. The predicted octanol–water partition coefficient (Wildman–Crippen LogP) is 2.75. The van der Waals surface area contributed by atoms with Crippen molar-refractivity contribution in [3.05, 3.63) is 89.6 Å². The van der Waals surface area contributed by atoms with Gasteiger partial charge in [-0.2, -0.15) is 0 Å². The number of carbonyl (C=O) groups excluding carboxylic acids is 3. The first-order valence-electron chi connectivity index (χ1n) is 11.0. The average Bonchev–Trinajstić information content (AvgIpc) is 3.37. The second-order valence-electron chi connectivity index (χ2n) is 7.90. The normalized spacial score (nSPS) is 14.0. The Balaban J connectivity index is 1.29. The summed E-state index contributed by atoms with van der Waals surface area (Å²) in [5.41, 5.74) is 0.816. The van der Waals surface area contributed by atoms with Crippen LogP contribution in [-0.4, -0.2) is 60.2 Å². The first-order valence-corrected chi connectivity index (χ1v) is 11.0. The van der Waals surface area contributed by atoms with Crippen molar-refractivity contribution in [1.29, 1.82) is 0 Å².